The van der Waals surface area contributed by atoms with Crippen LogP contribution in [0.3, 0.4) is 0 Å². The van der Waals surface area contributed by atoms with E-state index in [1.165, 1.54) is 25.3 Å². The second-order valence-corrected chi connectivity index (χ2v) is 7.43. The fraction of sp³-hybridized carbons (Fsp3) is 0.130. The summed E-state index contributed by atoms with van der Waals surface area (Å²) in [4.78, 5) is 14.1. The Hall–Kier alpha value is -3.84. The van der Waals surface area contributed by atoms with Crippen molar-refractivity contribution >= 4 is 24.2 Å². The lowest BCUT2D eigenvalue weighted by Crippen LogP contribution is -2.46. The van der Waals surface area contributed by atoms with E-state index in [0.717, 1.165) is 12.1 Å². The third-order valence-electron chi connectivity index (χ3n) is 5.03. The van der Waals surface area contributed by atoms with Crippen LogP contribution in [0.2, 0.25) is 0 Å². The number of carbonyl (C=O) groups is 1. The molecule has 1 amide bonds. The number of rotatable bonds is 4. The number of nitrogens with one attached hydrogen (secondary N) is 1. The standard InChI is InChI=1S/C23H16F3N3O3S/c1-31-18-8-3-2-7-16(18)29-20(28-21(30)15(12-27)22(29)33)19-10-9-17(32-19)13-5-4-6-14(11-13)23(24,25)26/h2-11,20,33H,1H3,(H,28,30). The Kier molecular flexibility index (Phi) is 5.82. The summed E-state index contributed by atoms with van der Waals surface area (Å²) in [5, 5.41) is 12.2. The van der Waals surface area contributed by atoms with E-state index in [4.69, 9.17) is 9.15 Å². The number of nitriles is 1. The number of hydrogen-bond acceptors (Lipinski definition) is 6. The number of furan rings is 1. The smallest absolute Gasteiger partial charge is 0.416 e. The number of thiol groups is 1. The molecular weight excluding hydrogens is 455 g/mol. The average molecular weight is 471 g/mol. The summed E-state index contributed by atoms with van der Waals surface area (Å²) >= 11 is 4.42. The van der Waals surface area contributed by atoms with Gasteiger partial charge in [-0.05, 0) is 36.4 Å². The van der Waals surface area contributed by atoms with E-state index in [0.29, 0.717) is 11.4 Å². The average Bonchev–Trinajstić information content (AvgIpc) is 3.29. The molecule has 1 aliphatic rings. The van der Waals surface area contributed by atoms with Crippen LogP contribution >= 0.6 is 12.6 Å². The van der Waals surface area contributed by atoms with Gasteiger partial charge in [0.1, 0.15) is 28.9 Å². The zero-order valence-corrected chi connectivity index (χ0v) is 17.9. The first-order valence-electron chi connectivity index (χ1n) is 9.58. The van der Waals surface area contributed by atoms with Gasteiger partial charge in [0.2, 0.25) is 0 Å². The van der Waals surface area contributed by atoms with Gasteiger partial charge < -0.3 is 19.4 Å². The number of alkyl halides is 3. The molecule has 33 heavy (non-hydrogen) atoms. The molecule has 0 aliphatic carbocycles. The Labute approximate surface area is 192 Å². The molecule has 1 unspecified atom stereocenters. The molecule has 2 aromatic carbocycles. The number of ether oxygens (including phenoxy) is 1. The van der Waals surface area contributed by atoms with Gasteiger partial charge in [0.25, 0.3) is 5.91 Å². The summed E-state index contributed by atoms with van der Waals surface area (Å²) in [5.41, 5.74) is -0.287. The third-order valence-corrected chi connectivity index (χ3v) is 5.47. The lowest BCUT2D eigenvalue weighted by Gasteiger charge is -2.37. The monoisotopic (exact) mass is 471 g/mol. The summed E-state index contributed by atoms with van der Waals surface area (Å²) in [7, 11) is 1.47. The highest BCUT2D eigenvalue weighted by atomic mass is 32.1. The molecule has 1 aliphatic heterocycles. The highest BCUT2D eigenvalue weighted by Crippen LogP contribution is 2.41. The lowest BCUT2D eigenvalue weighted by atomic mass is 10.1. The van der Waals surface area contributed by atoms with Crippen LogP contribution < -0.4 is 15.0 Å². The van der Waals surface area contributed by atoms with Gasteiger partial charge in [-0.25, -0.2) is 0 Å². The van der Waals surface area contributed by atoms with Gasteiger partial charge in [-0.1, -0.05) is 24.3 Å². The van der Waals surface area contributed by atoms with Gasteiger partial charge in [-0.2, -0.15) is 18.4 Å². The number of halogens is 3. The van der Waals surface area contributed by atoms with Crippen molar-refractivity contribution in [2.75, 3.05) is 12.0 Å². The van der Waals surface area contributed by atoms with Crippen molar-refractivity contribution < 1.29 is 27.1 Å². The maximum atomic E-state index is 13.1. The van der Waals surface area contributed by atoms with Crippen LogP contribution in [0.15, 0.2) is 75.7 Å². The molecule has 0 saturated heterocycles. The molecular formula is C23H16F3N3O3S. The zero-order valence-electron chi connectivity index (χ0n) is 17.1. The van der Waals surface area contributed by atoms with Crippen molar-refractivity contribution in [3.63, 3.8) is 0 Å². The van der Waals surface area contributed by atoms with Crippen molar-refractivity contribution in [2.45, 2.75) is 12.3 Å². The van der Waals surface area contributed by atoms with Crippen LogP contribution in [0, 0.1) is 11.3 Å². The Balaban J connectivity index is 1.80. The van der Waals surface area contributed by atoms with Gasteiger partial charge in [0.05, 0.1) is 23.4 Å². The maximum absolute atomic E-state index is 13.1. The van der Waals surface area contributed by atoms with Crippen molar-refractivity contribution in [2.24, 2.45) is 0 Å². The Bertz CT molecular complexity index is 1290. The van der Waals surface area contributed by atoms with Crippen LogP contribution in [0.25, 0.3) is 11.3 Å². The summed E-state index contributed by atoms with van der Waals surface area (Å²) in [6, 6.07) is 16.5. The van der Waals surface area contributed by atoms with Gasteiger partial charge in [-0.3, -0.25) is 4.79 Å². The van der Waals surface area contributed by atoms with E-state index >= 15 is 0 Å². The zero-order chi connectivity index (χ0) is 23.8. The summed E-state index contributed by atoms with van der Waals surface area (Å²) < 4.78 is 50.6. The minimum Gasteiger partial charge on any atom is -0.495 e. The minimum absolute atomic E-state index is 0.0766. The summed E-state index contributed by atoms with van der Waals surface area (Å²) in [6.45, 7) is 0. The fourth-order valence-corrected chi connectivity index (χ4v) is 3.86. The Morgan fingerprint density at radius 2 is 1.91 bits per heavy atom. The van der Waals surface area contributed by atoms with Crippen molar-refractivity contribution in [1.29, 1.82) is 5.26 Å². The van der Waals surface area contributed by atoms with E-state index in [1.54, 1.807) is 35.2 Å². The molecule has 6 nitrogen and oxygen atoms in total. The predicted octanol–water partition coefficient (Wildman–Crippen LogP) is 5.27. The van der Waals surface area contributed by atoms with Crippen LogP contribution in [0.5, 0.6) is 5.75 Å². The second kappa shape index (κ2) is 8.60. The number of hydrogen-bond donors (Lipinski definition) is 2. The second-order valence-electron chi connectivity index (χ2n) is 7.01. The molecule has 0 fully saturated rings. The normalized spacial score (nSPS) is 16.4. The van der Waals surface area contributed by atoms with Crippen molar-refractivity contribution in [3.8, 4) is 23.1 Å². The number of nitrogens with zero attached hydrogens (tertiary/aromatic N) is 2. The first-order chi connectivity index (χ1) is 15.7. The first-order valence-corrected chi connectivity index (χ1v) is 10.0. The minimum atomic E-state index is -4.50. The Morgan fingerprint density at radius 1 is 1.15 bits per heavy atom. The molecule has 2 heterocycles. The van der Waals surface area contributed by atoms with Crippen molar-refractivity contribution in [3.05, 3.63) is 82.6 Å². The van der Waals surface area contributed by atoms with Gasteiger partial charge in [0, 0.05) is 5.56 Å². The molecule has 4 rings (SSSR count). The number of benzene rings is 2. The molecule has 0 saturated carbocycles. The predicted molar refractivity (Wildman–Crippen MR) is 117 cm³/mol. The quantitative estimate of drug-likeness (QED) is 0.507. The first kappa shape index (κ1) is 22.4. The highest BCUT2D eigenvalue weighted by molar-refractivity contribution is 7.84. The number of amides is 1. The summed E-state index contributed by atoms with van der Waals surface area (Å²) in [6.07, 6.45) is -5.43. The Morgan fingerprint density at radius 3 is 2.61 bits per heavy atom. The molecule has 168 valence electrons. The van der Waals surface area contributed by atoms with Crippen LogP contribution in [-0.4, -0.2) is 13.0 Å². The molecule has 0 bridgehead atoms. The largest absolute Gasteiger partial charge is 0.495 e. The van der Waals surface area contributed by atoms with Crippen LogP contribution in [0.1, 0.15) is 17.5 Å². The molecule has 0 radical (unpaired) electrons. The van der Waals surface area contributed by atoms with E-state index in [9.17, 15) is 23.2 Å². The molecule has 0 spiro atoms. The number of para-hydroxylation sites is 2. The maximum Gasteiger partial charge on any atom is 0.416 e. The van der Waals surface area contributed by atoms with Gasteiger partial charge in [-0.15, -0.1) is 12.6 Å². The topological polar surface area (TPSA) is 78.5 Å². The number of anilines is 1. The SMILES string of the molecule is COc1ccccc1N1C(S)=C(C#N)C(=O)NC1c1ccc(-c2cccc(C(F)(F)F)c2)o1. The van der Waals surface area contributed by atoms with Gasteiger partial charge in [0.15, 0.2) is 6.17 Å². The van der Waals surface area contributed by atoms with E-state index in [1.807, 2.05) is 6.07 Å². The molecule has 10 heteroatoms. The van der Waals surface area contributed by atoms with Crippen LogP contribution in [-0.2, 0) is 11.0 Å². The number of methoxy groups -OCH3 is 1. The van der Waals surface area contributed by atoms with Gasteiger partial charge >= 0.3 is 6.18 Å². The summed E-state index contributed by atoms with van der Waals surface area (Å²) in [5.74, 6) is 0.203. The fourth-order valence-electron chi connectivity index (χ4n) is 3.49. The van der Waals surface area contributed by atoms with E-state index in [2.05, 4.69) is 17.9 Å². The van der Waals surface area contributed by atoms with E-state index in [-0.39, 0.29) is 27.7 Å². The molecule has 1 atom stereocenters. The van der Waals surface area contributed by atoms with Crippen molar-refractivity contribution in [1.82, 2.24) is 5.32 Å². The van der Waals surface area contributed by atoms with Crippen LogP contribution in [0.4, 0.5) is 18.9 Å². The third kappa shape index (κ3) is 4.15. The molecule has 3 aromatic rings. The molecule has 1 N–H and O–H groups in total. The number of carbonyl (C=O) groups excluding carboxylic acids is 1. The molecule has 1 aromatic heterocycles. The lowest BCUT2D eigenvalue weighted by molar-refractivity contribution is -0.137. The highest BCUT2D eigenvalue weighted by Gasteiger charge is 2.37. The van der Waals surface area contributed by atoms with E-state index < -0.39 is 23.8 Å².